The van der Waals surface area contributed by atoms with Gasteiger partial charge in [-0.2, -0.15) is 0 Å². The number of ether oxygens (including phenoxy) is 4. The number of hydrogen-bond donors (Lipinski definition) is 11. The topological polar surface area (TPSA) is 283 Å². The molecule has 15 heteroatoms. The predicted octanol–water partition coefficient (Wildman–Crippen LogP) is -7.29. The van der Waals surface area contributed by atoms with Crippen molar-refractivity contribution < 1.29 is 54.7 Å². The van der Waals surface area contributed by atoms with Crippen molar-refractivity contribution >= 4 is 0 Å². The number of aliphatic hydroxyl groups excluding tert-OH is 7. The Labute approximate surface area is 189 Å². The first kappa shape index (κ1) is 27.0. The Morgan fingerprint density at radius 2 is 1.18 bits per heavy atom. The molecule has 194 valence electrons. The molecule has 2 aliphatic heterocycles. The van der Waals surface area contributed by atoms with Crippen molar-refractivity contribution in [1.82, 2.24) is 0 Å². The predicted molar refractivity (Wildman–Crippen MR) is 108 cm³/mol. The Morgan fingerprint density at radius 1 is 0.667 bits per heavy atom. The van der Waals surface area contributed by atoms with Gasteiger partial charge in [0.15, 0.2) is 12.6 Å². The van der Waals surface area contributed by atoms with Gasteiger partial charge in [-0.15, -0.1) is 0 Å². The fraction of sp³-hybridized carbons (Fsp3) is 1.00. The van der Waals surface area contributed by atoms with Crippen LogP contribution < -0.4 is 22.9 Å². The van der Waals surface area contributed by atoms with E-state index in [9.17, 15) is 35.7 Å². The minimum absolute atomic E-state index is 0.0849. The molecule has 33 heavy (non-hydrogen) atoms. The highest BCUT2D eigenvalue weighted by Crippen LogP contribution is 2.31. The van der Waals surface area contributed by atoms with Crippen LogP contribution in [0.3, 0.4) is 0 Å². The van der Waals surface area contributed by atoms with Gasteiger partial charge in [-0.1, -0.05) is 0 Å². The summed E-state index contributed by atoms with van der Waals surface area (Å²) in [5.41, 5.74) is 23.5. The summed E-state index contributed by atoms with van der Waals surface area (Å²) in [7, 11) is 0. The maximum absolute atomic E-state index is 10.9. The zero-order valence-corrected chi connectivity index (χ0v) is 17.9. The first-order valence-corrected chi connectivity index (χ1v) is 10.8. The summed E-state index contributed by atoms with van der Waals surface area (Å²) < 4.78 is 22.2. The highest BCUT2D eigenvalue weighted by Gasteiger charge is 2.51. The van der Waals surface area contributed by atoms with Crippen molar-refractivity contribution in [2.75, 3.05) is 13.2 Å². The fourth-order valence-corrected chi connectivity index (χ4v) is 4.40. The van der Waals surface area contributed by atoms with Gasteiger partial charge in [-0.25, -0.2) is 0 Å². The Morgan fingerprint density at radius 3 is 1.70 bits per heavy atom. The molecule has 9 unspecified atom stereocenters. The van der Waals surface area contributed by atoms with E-state index in [2.05, 4.69) is 0 Å². The fourth-order valence-electron chi connectivity index (χ4n) is 4.40. The number of hydrogen-bond acceptors (Lipinski definition) is 15. The molecule has 0 bridgehead atoms. The molecule has 15 N–H and O–H groups in total. The molecule has 0 amide bonds. The molecule has 0 aromatic rings. The molecule has 2 heterocycles. The van der Waals surface area contributed by atoms with E-state index in [-0.39, 0.29) is 13.0 Å². The van der Waals surface area contributed by atoms with Gasteiger partial charge in [0.25, 0.3) is 0 Å². The quantitative estimate of drug-likeness (QED) is 0.167. The zero-order valence-electron chi connectivity index (χ0n) is 17.9. The van der Waals surface area contributed by atoms with Crippen molar-refractivity contribution in [1.29, 1.82) is 0 Å². The highest BCUT2D eigenvalue weighted by atomic mass is 16.7. The van der Waals surface area contributed by atoms with Crippen LogP contribution in [-0.2, 0) is 18.9 Å². The second kappa shape index (κ2) is 11.0. The van der Waals surface area contributed by atoms with Crippen LogP contribution in [0.5, 0.6) is 0 Å². The van der Waals surface area contributed by atoms with Gasteiger partial charge in [0, 0.05) is 18.6 Å². The molecule has 15 nitrogen and oxygen atoms in total. The molecule has 1 aliphatic carbocycles. The summed E-state index contributed by atoms with van der Waals surface area (Å²) in [6, 6.07) is -2.86. The summed E-state index contributed by atoms with van der Waals surface area (Å²) in [6.07, 6.45) is -16.5. The minimum atomic E-state index is -1.66. The van der Waals surface area contributed by atoms with E-state index in [1.807, 2.05) is 0 Å². The number of rotatable bonds is 6. The van der Waals surface area contributed by atoms with Crippen LogP contribution in [0.4, 0.5) is 0 Å². The highest BCUT2D eigenvalue weighted by molar-refractivity contribution is 5.01. The lowest BCUT2D eigenvalue weighted by molar-refractivity contribution is -0.332. The molecule has 2 saturated heterocycles. The van der Waals surface area contributed by atoms with Crippen molar-refractivity contribution in [3.8, 4) is 0 Å². The van der Waals surface area contributed by atoms with Crippen LogP contribution >= 0.6 is 0 Å². The summed E-state index contributed by atoms with van der Waals surface area (Å²) in [4.78, 5) is 0. The monoisotopic (exact) mass is 484 g/mol. The third-order valence-electron chi connectivity index (χ3n) is 6.48. The van der Waals surface area contributed by atoms with E-state index >= 15 is 0 Å². The molecule has 15 atom stereocenters. The van der Waals surface area contributed by atoms with Gasteiger partial charge in [0.1, 0.15) is 61.0 Å². The average Bonchev–Trinajstić information content (AvgIpc) is 2.79. The first-order valence-electron chi connectivity index (χ1n) is 10.8. The van der Waals surface area contributed by atoms with Gasteiger partial charge >= 0.3 is 0 Å². The molecule has 3 fully saturated rings. The van der Waals surface area contributed by atoms with Crippen LogP contribution in [-0.4, -0.2) is 141 Å². The van der Waals surface area contributed by atoms with Gasteiger partial charge in [-0.05, 0) is 6.42 Å². The van der Waals surface area contributed by atoms with Crippen molar-refractivity contribution in [3.63, 3.8) is 0 Å². The van der Waals surface area contributed by atoms with Crippen LogP contribution in [0.1, 0.15) is 6.42 Å². The van der Waals surface area contributed by atoms with Gasteiger partial charge in [0.2, 0.25) is 0 Å². The molecule has 1 saturated carbocycles. The standard InChI is InChI=1S/C18H36N4O11/c19-2-6-10(25)12(27)13(28)18(30-6)33-16-5(21)1-4(20)15(14(16)29)32-17-11(26)8(22)9(24)7(3-23)31-17/h4-18,23-29H,1-3,19-22H2/t4?,5-,6?,7?,8?,9+,10+,11-,12?,13?,14?,15-,16?,17?,18+/m0/s1. The SMILES string of the molecule is NCC1O[C@H](OC2C(O)[C@@H](OC3OC(CO)[C@@H](O)C(N)[C@@H]3O)C(N)C[C@@H]2N)C(O)C(O)[C@@H]1O. The van der Waals surface area contributed by atoms with Gasteiger partial charge in [-0.3, -0.25) is 0 Å². The van der Waals surface area contributed by atoms with Crippen molar-refractivity contribution in [2.24, 2.45) is 22.9 Å². The van der Waals surface area contributed by atoms with Gasteiger partial charge < -0.3 is 77.6 Å². The average molecular weight is 485 g/mol. The maximum atomic E-state index is 10.9. The number of nitrogens with two attached hydrogens (primary N) is 4. The molecule has 0 aromatic carbocycles. The molecule has 0 spiro atoms. The molecule has 3 aliphatic rings. The second-order valence-electron chi connectivity index (χ2n) is 8.79. The normalized spacial score (nSPS) is 53.7. The summed E-state index contributed by atoms with van der Waals surface area (Å²) in [5.74, 6) is 0. The number of aliphatic hydroxyl groups is 7. The van der Waals surface area contributed by atoms with Crippen molar-refractivity contribution in [3.05, 3.63) is 0 Å². The molecule has 0 aromatic heterocycles. The lowest BCUT2D eigenvalue weighted by Gasteiger charge is -2.48. The van der Waals surface area contributed by atoms with Crippen molar-refractivity contribution in [2.45, 2.75) is 98.2 Å². The van der Waals surface area contributed by atoms with E-state index in [4.69, 9.17) is 41.9 Å². The Hall–Kier alpha value is -0.600. The van der Waals surface area contributed by atoms with E-state index in [0.717, 1.165) is 0 Å². The van der Waals surface area contributed by atoms with E-state index in [1.165, 1.54) is 0 Å². The van der Waals surface area contributed by atoms with Crippen LogP contribution in [0.25, 0.3) is 0 Å². The lowest BCUT2D eigenvalue weighted by atomic mass is 9.84. The van der Waals surface area contributed by atoms with Gasteiger partial charge in [0.05, 0.1) is 12.6 Å². The van der Waals surface area contributed by atoms with Crippen LogP contribution in [0.2, 0.25) is 0 Å². The largest absolute Gasteiger partial charge is 0.394 e. The second-order valence-corrected chi connectivity index (χ2v) is 8.79. The smallest absolute Gasteiger partial charge is 0.187 e. The lowest BCUT2D eigenvalue weighted by Crippen LogP contribution is -2.68. The van der Waals surface area contributed by atoms with E-state index < -0.39 is 98.4 Å². The summed E-state index contributed by atoms with van der Waals surface area (Å²) in [6.45, 7) is -0.763. The Bertz CT molecular complexity index is 584. The molecular formula is C18H36N4O11. The van der Waals surface area contributed by atoms with E-state index in [0.29, 0.717) is 0 Å². The first-order chi connectivity index (χ1) is 15.5. The summed E-state index contributed by atoms with van der Waals surface area (Å²) >= 11 is 0. The maximum Gasteiger partial charge on any atom is 0.187 e. The third kappa shape index (κ3) is 5.32. The third-order valence-corrected chi connectivity index (χ3v) is 6.48. The van der Waals surface area contributed by atoms with Crippen LogP contribution in [0, 0.1) is 0 Å². The molecule has 3 rings (SSSR count). The minimum Gasteiger partial charge on any atom is -0.394 e. The Kier molecular flexibility index (Phi) is 8.99. The Balaban J connectivity index is 1.72. The van der Waals surface area contributed by atoms with E-state index in [1.54, 1.807) is 0 Å². The molecular weight excluding hydrogens is 448 g/mol. The zero-order chi connectivity index (χ0) is 24.6. The van der Waals surface area contributed by atoms with Crippen LogP contribution in [0.15, 0.2) is 0 Å². The summed E-state index contributed by atoms with van der Waals surface area (Å²) in [5, 5.41) is 70.9. The molecule has 0 radical (unpaired) electrons.